The van der Waals surface area contributed by atoms with Crippen molar-refractivity contribution in [2.45, 2.75) is 6.54 Å². The molecule has 5 nitrogen and oxygen atoms in total. The lowest BCUT2D eigenvalue weighted by molar-refractivity contribution is -0.116. The molecular weight excluding hydrogens is 302 g/mol. The van der Waals surface area contributed by atoms with Crippen LogP contribution in [-0.2, 0) is 11.3 Å². The second-order valence-corrected chi connectivity index (χ2v) is 5.44. The van der Waals surface area contributed by atoms with Gasteiger partial charge in [0.15, 0.2) is 0 Å². The van der Waals surface area contributed by atoms with Gasteiger partial charge in [0.05, 0.1) is 17.6 Å². The van der Waals surface area contributed by atoms with Crippen LogP contribution in [0, 0.1) is 0 Å². The number of nitrogens with one attached hydrogen (secondary N) is 2. The number of imidazole rings is 1. The summed E-state index contributed by atoms with van der Waals surface area (Å²) in [7, 11) is 0. The summed E-state index contributed by atoms with van der Waals surface area (Å²) in [5, 5.41) is 3.82. The van der Waals surface area contributed by atoms with Gasteiger partial charge in [0, 0.05) is 11.5 Å². The number of hydrogen-bond acceptors (Lipinski definition) is 3. The average Bonchev–Trinajstić information content (AvgIpc) is 3.21. The van der Waals surface area contributed by atoms with E-state index >= 15 is 0 Å². The van der Waals surface area contributed by atoms with E-state index in [0.29, 0.717) is 12.3 Å². The lowest BCUT2D eigenvalue weighted by Gasteiger charge is -1.97. The number of para-hydroxylation sites is 3. The van der Waals surface area contributed by atoms with E-state index < -0.39 is 0 Å². The quantitative estimate of drug-likeness (QED) is 0.565. The fourth-order valence-electron chi connectivity index (χ4n) is 2.56. The summed E-state index contributed by atoms with van der Waals surface area (Å²) in [5.74, 6) is 1.17. The van der Waals surface area contributed by atoms with Gasteiger partial charge in [-0.1, -0.05) is 30.3 Å². The smallest absolute Gasteiger partial charge is 0.244 e. The highest BCUT2D eigenvalue weighted by Gasteiger charge is 2.04. The Balaban J connectivity index is 1.40. The predicted octanol–water partition coefficient (Wildman–Crippen LogP) is 3.64. The maximum atomic E-state index is 11.9. The van der Waals surface area contributed by atoms with Crippen molar-refractivity contribution in [2.24, 2.45) is 0 Å². The van der Waals surface area contributed by atoms with Crippen molar-refractivity contribution in [2.75, 3.05) is 0 Å². The fourth-order valence-corrected chi connectivity index (χ4v) is 2.56. The Hall–Kier alpha value is -3.34. The molecule has 0 saturated carbocycles. The summed E-state index contributed by atoms with van der Waals surface area (Å²) in [6.45, 7) is 0.345. The molecule has 4 aromatic rings. The lowest BCUT2D eigenvalue weighted by atomic mass is 10.2. The number of H-pyrrole nitrogens is 1. The molecule has 2 heterocycles. The van der Waals surface area contributed by atoms with Gasteiger partial charge in [-0.15, -0.1) is 0 Å². The van der Waals surface area contributed by atoms with Crippen LogP contribution in [0.3, 0.4) is 0 Å². The summed E-state index contributed by atoms with van der Waals surface area (Å²) < 4.78 is 5.64. The van der Waals surface area contributed by atoms with Crippen molar-refractivity contribution < 1.29 is 9.21 Å². The molecule has 0 atom stereocenters. The molecule has 24 heavy (non-hydrogen) atoms. The van der Waals surface area contributed by atoms with Crippen molar-refractivity contribution in [3.8, 4) is 0 Å². The van der Waals surface area contributed by atoms with Crippen LogP contribution in [0.25, 0.3) is 28.1 Å². The Morgan fingerprint density at radius 2 is 2.00 bits per heavy atom. The highest BCUT2D eigenvalue weighted by molar-refractivity contribution is 5.92. The van der Waals surface area contributed by atoms with E-state index in [1.165, 1.54) is 6.08 Å². The number of furan rings is 1. The Morgan fingerprint density at radius 3 is 2.88 bits per heavy atom. The molecule has 5 heteroatoms. The number of carbonyl (C=O) groups is 1. The van der Waals surface area contributed by atoms with Crippen LogP contribution < -0.4 is 5.32 Å². The SMILES string of the molecule is O=C(/C=C/c1cc2ccccc2o1)NCc1nc2ccccc2[nH]1. The standard InChI is InChI=1S/C19H15N3O2/c23-19(10-9-14-11-13-5-1-4-8-17(13)24-14)20-12-18-21-15-6-2-3-7-16(15)22-18/h1-11H,12H2,(H,20,23)(H,21,22)/b10-9+. The minimum absolute atomic E-state index is 0.198. The summed E-state index contributed by atoms with van der Waals surface area (Å²) in [6.07, 6.45) is 3.12. The number of rotatable bonds is 4. The van der Waals surface area contributed by atoms with Gasteiger partial charge in [-0.2, -0.15) is 0 Å². The van der Waals surface area contributed by atoms with Crippen LogP contribution in [0.2, 0.25) is 0 Å². The Kier molecular flexibility index (Phi) is 3.59. The van der Waals surface area contributed by atoms with Gasteiger partial charge < -0.3 is 14.7 Å². The first-order valence-corrected chi connectivity index (χ1v) is 7.66. The molecule has 0 aliphatic carbocycles. The summed E-state index contributed by atoms with van der Waals surface area (Å²) in [6, 6.07) is 17.4. The molecule has 0 aliphatic rings. The van der Waals surface area contributed by atoms with Crippen LogP contribution in [0.5, 0.6) is 0 Å². The molecule has 2 N–H and O–H groups in total. The van der Waals surface area contributed by atoms with Gasteiger partial charge in [-0.3, -0.25) is 4.79 Å². The normalized spacial score (nSPS) is 11.5. The van der Waals surface area contributed by atoms with Crippen LogP contribution in [0.1, 0.15) is 11.6 Å². The molecule has 0 unspecified atom stereocenters. The zero-order valence-corrected chi connectivity index (χ0v) is 12.8. The lowest BCUT2D eigenvalue weighted by Crippen LogP contribution is -2.20. The molecule has 0 radical (unpaired) electrons. The molecule has 0 bridgehead atoms. The topological polar surface area (TPSA) is 70.9 Å². The van der Waals surface area contributed by atoms with Gasteiger partial charge in [-0.05, 0) is 30.3 Å². The average molecular weight is 317 g/mol. The van der Waals surface area contributed by atoms with Gasteiger partial charge in [0.1, 0.15) is 17.2 Å². The maximum Gasteiger partial charge on any atom is 0.244 e. The molecule has 0 fully saturated rings. The van der Waals surface area contributed by atoms with E-state index in [4.69, 9.17) is 4.42 Å². The first kappa shape index (κ1) is 14.3. The first-order valence-electron chi connectivity index (χ1n) is 7.66. The maximum absolute atomic E-state index is 11.9. The number of nitrogens with zero attached hydrogens (tertiary/aromatic N) is 1. The Labute approximate surface area is 138 Å². The van der Waals surface area contributed by atoms with Gasteiger partial charge in [-0.25, -0.2) is 4.98 Å². The Bertz CT molecular complexity index is 977. The predicted molar refractivity (Wildman–Crippen MR) is 93.2 cm³/mol. The molecule has 4 rings (SSSR count). The van der Waals surface area contributed by atoms with Crippen LogP contribution >= 0.6 is 0 Å². The number of aromatic nitrogens is 2. The monoisotopic (exact) mass is 317 g/mol. The van der Waals surface area contributed by atoms with Crippen molar-refractivity contribution >= 4 is 34.0 Å². The van der Waals surface area contributed by atoms with E-state index in [1.807, 2.05) is 54.6 Å². The minimum Gasteiger partial charge on any atom is -0.457 e. The Morgan fingerprint density at radius 1 is 1.17 bits per heavy atom. The number of hydrogen-bond donors (Lipinski definition) is 2. The number of aromatic amines is 1. The fraction of sp³-hybridized carbons (Fsp3) is 0.0526. The molecule has 0 aliphatic heterocycles. The summed E-state index contributed by atoms with van der Waals surface area (Å²) in [4.78, 5) is 19.5. The molecule has 118 valence electrons. The number of benzene rings is 2. The molecular formula is C19H15N3O2. The van der Waals surface area contributed by atoms with Crippen molar-refractivity contribution in [3.05, 3.63) is 72.3 Å². The van der Waals surface area contributed by atoms with E-state index in [0.717, 1.165) is 27.8 Å². The summed E-state index contributed by atoms with van der Waals surface area (Å²) >= 11 is 0. The van der Waals surface area contributed by atoms with Crippen LogP contribution in [0.4, 0.5) is 0 Å². The van der Waals surface area contributed by atoms with Crippen LogP contribution in [-0.4, -0.2) is 15.9 Å². The van der Waals surface area contributed by atoms with Crippen LogP contribution in [0.15, 0.2) is 65.1 Å². The number of carbonyl (C=O) groups excluding carboxylic acids is 1. The highest BCUT2D eigenvalue weighted by atomic mass is 16.3. The molecule has 2 aromatic heterocycles. The number of fused-ring (bicyclic) bond motifs is 2. The zero-order chi connectivity index (χ0) is 16.4. The second-order valence-electron chi connectivity index (χ2n) is 5.44. The third-order valence-corrected chi connectivity index (χ3v) is 3.71. The van der Waals surface area contributed by atoms with Crippen molar-refractivity contribution in [1.29, 1.82) is 0 Å². The number of amides is 1. The van der Waals surface area contributed by atoms with Crippen molar-refractivity contribution in [1.82, 2.24) is 15.3 Å². The molecule has 1 amide bonds. The third kappa shape index (κ3) is 2.92. The summed E-state index contributed by atoms with van der Waals surface area (Å²) in [5.41, 5.74) is 2.65. The van der Waals surface area contributed by atoms with Gasteiger partial charge in [0.25, 0.3) is 0 Å². The van der Waals surface area contributed by atoms with E-state index in [1.54, 1.807) is 6.08 Å². The molecule has 0 saturated heterocycles. The zero-order valence-electron chi connectivity index (χ0n) is 12.8. The molecule has 0 spiro atoms. The third-order valence-electron chi connectivity index (χ3n) is 3.71. The van der Waals surface area contributed by atoms with E-state index in [-0.39, 0.29) is 5.91 Å². The largest absolute Gasteiger partial charge is 0.457 e. The van der Waals surface area contributed by atoms with Gasteiger partial charge >= 0.3 is 0 Å². The van der Waals surface area contributed by atoms with E-state index in [9.17, 15) is 4.79 Å². The van der Waals surface area contributed by atoms with Crippen molar-refractivity contribution in [3.63, 3.8) is 0 Å². The highest BCUT2D eigenvalue weighted by Crippen LogP contribution is 2.19. The first-order chi connectivity index (χ1) is 11.8. The minimum atomic E-state index is -0.198. The van der Waals surface area contributed by atoms with E-state index in [2.05, 4.69) is 15.3 Å². The molecule has 2 aromatic carbocycles. The second kappa shape index (κ2) is 6.04. The van der Waals surface area contributed by atoms with Gasteiger partial charge in [0.2, 0.25) is 5.91 Å².